The summed E-state index contributed by atoms with van der Waals surface area (Å²) in [7, 11) is 0. The average Bonchev–Trinajstić information content (AvgIpc) is 3.00. The lowest BCUT2D eigenvalue weighted by Gasteiger charge is -1.95. The molecule has 96 valence electrons. The molecule has 1 aromatic carbocycles. The quantitative estimate of drug-likeness (QED) is 0.715. The van der Waals surface area contributed by atoms with Crippen LogP contribution in [0.5, 0.6) is 0 Å². The van der Waals surface area contributed by atoms with Gasteiger partial charge in [0.15, 0.2) is 5.76 Å². The highest BCUT2D eigenvalue weighted by Gasteiger charge is 2.08. The van der Waals surface area contributed by atoms with E-state index in [1.165, 1.54) is 10.4 Å². The van der Waals surface area contributed by atoms with Crippen LogP contribution in [0, 0.1) is 13.8 Å². The van der Waals surface area contributed by atoms with E-state index >= 15 is 0 Å². The number of tetrazole rings is 1. The first-order valence-electron chi connectivity index (χ1n) is 5.98. The van der Waals surface area contributed by atoms with Crippen LogP contribution in [-0.4, -0.2) is 25.4 Å². The highest BCUT2D eigenvalue weighted by molar-refractivity contribution is 5.53. The Kier molecular flexibility index (Phi) is 2.83. The van der Waals surface area contributed by atoms with Gasteiger partial charge in [-0.15, -0.1) is 10.2 Å². The molecule has 0 bridgehead atoms. The molecule has 0 aliphatic carbocycles. The van der Waals surface area contributed by atoms with Crippen LogP contribution in [0.1, 0.15) is 17.0 Å². The molecule has 0 N–H and O–H groups in total. The largest absolute Gasteiger partial charge is 0.359 e. The number of aromatic nitrogens is 5. The maximum Gasteiger partial charge on any atom is 0.204 e. The van der Waals surface area contributed by atoms with Crippen molar-refractivity contribution in [2.45, 2.75) is 20.4 Å². The molecule has 0 aliphatic heterocycles. The molecule has 0 amide bonds. The van der Waals surface area contributed by atoms with E-state index < -0.39 is 0 Å². The van der Waals surface area contributed by atoms with E-state index in [1.807, 2.05) is 44.2 Å². The third kappa shape index (κ3) is 2.52. The summed E-state index contributed by atoms with van der Waals surface area (Å²) < 4.78 is 5.12. The van der Waals surface area contributed by atoms with Gasteiger partial charge in [0, 0.05) is 11.6 Å². The fourth-order valence-electron chi connectivity index (χ4n) is 1.76. The lowest BCUT2D eigenvalue weighted by Crippen LogP contribution is -2.03. The lowest BCUT2D eigenvalue weighted by atomic mass is 10.1. The topological polar surface area (TPSA) is 69.6 Å². The van der Waals surface area contributed by atoms with Gasteiger partial charge in [-0.1, -0.05) is 35.0 Å². The van der Waals surface area contributed by atoms with Crippen molar-refractivity contribution >= 4 is 0 Å². The maximum absolute atomic E-state index is 5.12. The maximum atomic E-state index is 5.12. The van der Waals surface area contributed by atoms with Gasteiger partial charge in [0.25, 0.3) is 0 Å². The highest BCUT2D eigenvalue weighted by atomic mass is 16.5. The van der Waals surface area contributed by atoms with Crippen molar-refractivity contribution in [3.63, 3.8) is 0 Å². The van der Waals surface area contributed by atoms with E-state index in [1.54, 1.807) is 0 Å². The van der Waals surface area contributed by atoms with Crippen LogP contribution in [-0.2, 0) is 6.54 Å². The monoisotopic (exact) mass is 255 g/mol. The molecular weight excluding hydrogens is 242 g/mol. The Balaban J connectivity index is 1.81. The van der Waals surface area contributed by atoms with Crippen molar-refractivity contribution in [3.8, 4) is 11.4 Å². The number of hydrogen-bond donors (Lipinski definition) is 0. The van der Waals surface area contributed by atoms with Crippen LogP contribution in [0.25, 0.3) is 11.4 Å². The Morgan fingerprint density at radius 2 is 1.95 bits per heavy atom. The van der Waals surface area contributed by atoms with Crippen molar-refractivity contribution < 1.29 is 4.52 Å². The molecule has 0 atom stereocenters. The van der Waals surface area contributed by atoms with Crippen molar-refractivity contribution in [2.75, 3.05) is 0 Å². The molecule has 2 heterocycles. The van der Waals surface area contributed by atoms with Gasteiger partial charge in [-0.25, -0.2) is 0 Å². The fourth-order valence-corrected chi connectivity index (χ4v) is 1.76. The van der Waals surface area contributed by atoms with Crippen molar-refractivity contribution in [1.82, 2.24) is 25.4 Å². The summed E-state index contributed by atoms with van der Waals surface area (Å²) in [6.07, 6.45) is 0. The molecule has 0 saturated heterocycles. The molecule has 0 unspecified atom stereocenters. The van der Waals surface area contributed by atoms with Gasteiger partial charge in [-0.2, -0.15) is 4.80 Å². The molecule has 19 heavy (non-hydrogen) atoms. The van der Waals surface area contributed by atoms with Crippen molar-refractivity contribution in [3.05, 3.63) is 47.3 Å². The van der Waals surface area contributed by atoms with Gasteiger partial charge < -0.3 is 4.52 Å². The number of benzene rings is 1. The second-order valence-electron chi connectivity index (χ2n) is 4.44. The standard InChI is InChI=1S/C13H13N5O/c1-9-3-5-11(6-4-9)13-14-17-18(15-13)8-12-7-10(2)16-19-12/h3-7H,8H2,1-2H3. The first kappa shape index (κ1) is 11.6. The summed E-state index contributed by atoms with van der Waals surface area (Å²) in [4.78, 5) is 1.50. The Morgan fingerprint density at radius 3 is 2.63 bits per heavy atom. The van der Waals surface area contributed by atoms with Gasteiger partial charge >= 0.3 is 0 Å². The molecule has 0 aliphatic rings. The SMILES string of the molecule is Cc1ccc(-c2nnn(Cc3cc(C)no3)n2)cc1. The second kappa shape index (κ2) is 4.64. The lowest BCUT2D eigenvalue weighted by molar-refractivity contribution is 0.359. The zero-order chi connectivity index (χ0) is 13.2. The Hall–Kier alpha value is -2.50. The minimum atomic E-state index is 0.430. The molecule has 2 aromatic heterocycles. The molecule has 6 nitrogen and oxygen atoms in total. The van der Waals surface area contributed by atoms with Gasteiger partial charge in [0.05, 0.1) is 5.69 Å². The van der Waals surface area contributed by atoms with Crippen LogP contribution in [0.3, 0.4) is 0 Å². The van der Waals surface area contributed by atoms with Crippen LogP contribution >= 0.6 is 0 Å². The first-order chi connectivity index (χ1) is 9.20. The summed E-state index contributed by atoms with van der Waals surface area (Å²) in [5.74, 6) is 1.32. The summed E-state index contributed by atoms with van der Waals surface area (Å²) in [6.45, 7) is 4.35. The van der Waals surface area contributed by atoms with Gasteiger partial charge in [-0.05, 0) is 19.1 Å². The van der Waals surface area contributed by atoms with Crippen molar-refractivity contribution in [1.29, 1.82) is 0 Å². The molecule has 0 radical (unpaired) electrons. The number of aryl methyl sites for hydroxylation is 2. The smallest absolute Gasteiger partial charge is 0.204 e. The van der Waals surface area contributed by atoms with Crippen LogP contribution in [0.2, 0.25) is 0 Å². The number of rotatable bonds is 3. The minimum Gasteiger partial charge on any atom is -0.359 e. The fraction of sp³-hybridized carbons (Fsp3) is 0.231. The third-order valence-electron chi connectivity index (χ3n) is 2.74. The third-order valence-corrected chi connectivity index (χ3v) is 2.74. The Bertz CT molecular complexity index is 683. The highest BCUT2D eigenvalue weighted by Crippen LogP contribution is 2.14. The van der Waals surface area contributed by atoms with E-state index in [0.29, 0.717) is 18.1 Å². The summed E-state index contributed by atoms with van der Waals surface area (Å²) in [5, 5.41) is 16.2. The van der Waals surface area contributed by atoms with E-state index in [4.69, 9.17) is 4.52 Å². The predicted molar refractivity (Wildman–Crippen MR) is 68.3 cm³/mol. The van der Waals surface area contributed by atoms with Crippen LogP contribution in [0.4, 0.5) is 0 Å². The summed E-state index contributed by atoms with van der Waals surface area (Å²) >= 11 is 0. The van der Waals surface area contributed by atoms with E-state index in [0.717, 1.165) is 11.3 Å². The number of nitrogens with zero attached hydrogens (tertiary/aromatic N) is 5. The molecule has 0 saturated carbocycles. The molecular formula is C13H13N5O. The van der Waals surface area contributed by atoms with Crippen LogP contribution in [0.15, 0.2) is 34.9 Å². The van der Waals surface area contributed by atoms with Gasteiger partial charge in [0.2, 0.25) is 5.82 Å². The van der Waals surface area contributed by atoms with E-state index in [-0.39, 0.29) is 0 Å². The minimum absolute atomic E-state index is 0.430. The Labute approximate surface area is 110 Å². The Morgan fingerprint density at radius 1 is 1.16 bits per heavy atom. The normalized spacial score (nSPS) is 10.8. The second-order valence-corrected chi connectivity index (χ2v) is 4.44. The predicted octanol–water partition coefficient (Wildman–Crippen LogP) is 1.99. The van der Waals surface area contributed by atoms with Crippen LogP contribution < -0.4 is 0 Å². The van der Waals surface area contributed by atoms with Gasteiger partial charge in [0.1, 0.15) is 6.54 Å². The molecule has 6 heteroatoms. The summed E-state index contributed by atoms with van der Waals surface area (Å²) in [6, 6.07) is 9.87. The molecule has 0 fully saturated rings. The van der Waals surface area contributed by atoms with Crippen molar-refractivity contribution in [2.24, 2.45) is 0 Å². The first-order valence-corrected chi connectivity index (χ1v) is 5.98. The molecule has 3 rings (SSSR count). The summed E-state index contributed by atoms with van der Waals surface area (Å²) in [5.41, 5.74) is 2.99. The zero-order valence-electron chi connectivity index (χ0n) is 10.7. The van der Waals surface area contributed by atoms with E-state index in [9.17, 15) is 0 Å². The molecule has 3 aromatic rings. The van der Waals surface area contributed by atoms with Gasteiger partial charge in [-0.3, -0.25) is 0 Å². The average molecular weight is 255 g/mol. The molecule has 0 spiro atoms. The zero-order valence-corrected chi connectivity index (χ0v) is 10.7. The van der Waals surface area contributed by atoms with E-state index in [2.05, 4.69) is 20.6 Å². The number of hydrogen-bond acceptors (Lipinski definition) is 5.